The van der Waals surface area contributed by atoms with Gasteiger partial charge in [-0.3, -0.25) is 4.79 Å². The van der Waals surface area contributed by atoms with Crippen molar-refractivity contribution >= 4 is 27.7 Å². The predicted octanol–water partition coefficient (Wildman–Crippen LogP) is 5.29. The van der Waals surface area contributed by atoms with Crippen LogP contribution < -0.4 is 9.47 Å². The summed E-state index contributed by atoms with van der Waals surface area (Å²) >= 11 is 3.56. The number of aryl methyl sites for hydroxylation is 1. The van der Waals surface area contributed by atoms with E-state index in [1.54, 1.807) is 0 Å². The van der Waals surface area contributed by atoms with Crippen LogP contribution in [0, 0.1) is 6.92 Å². The van der Waals surface area contributed by atoms with E-state index in [-0.39, 0.29) is 0 Å². The van der Waals surface area contributed by atoms with E-state index in [4.69, 9.17) is 9.47 Å². The summed E-state index contributed by atoms with van der Waals surface area (Å²) in [5, 5.41) is 0. The Labute approximate surface area is 155 Å². The summed E-state index contributed by atoms with van der Waals surface area (Å²) in [6.45, 7) is 7.01. The van der Waals surface area contributed by atoms with Gasteiger partial charge < -0.3 is 13.9 Å². The maximum absolute atomic E-state index is 11.8. The van der Waals surface area contributed by atoms with Crippen molar-refractivity contribution in [3.05, 3.63) is 52.3 Å². The first-order valence-corrected chi connectivity index (χ1v) is 9.05. The Morgan fingerprint density at radius 1 is 1.08 bits per heavy atom. The summed E-state index contributed by atoms with van der Waals surface area (Å²) in [5.41, 5.74) is 4.43. The maximum atomic E-state index is 11.8. The van der Waals surface area contributed by atoms with Gasteiger partial charge in [0.15, 0.2) is 6.29 Å². The van der Waals surface area contributed by atoms with E-state index in [9.17, 15) is 4.79 Å². The van der Waals surface area contributed by atoms with Gasteiger partial charge in [0.1, 0.15) is 11.5 Å². The predicted molar refractivity (Wildman–Crippen MR) is 103 cm³/mol. The molecule has 25 heavy (non-hydrogen) atoms. The van der Waals surface area contributed by atoms with Crippen LogP contribution in [0.15, 0.2) is 41.0 Å². The summed E-state index contributed by atoms with van der Waals surface area (Å²) in [4.78, 5) is 11.8. The van der Waals surface area contributed by atoms with E-state index in [2.05, 4.69) is 15.9 Å². The van der Waals surface area contributed by atoms with Gasteiger partial charge in [-0.2, -0.15) is 0 Å². The Kier molecular flexibility index (Phi) is 5.13. The molecule has 0 radical (unpaired) electrons. The Morgan fingerprint density at radius 3 is 2.48 bits per heavy atom. The van der Waals surface area contributed by atoms with Crippen LogP contribution in [0.2, 0.25) is 0 Å². The molecule has 0 aliphatic heterocycles. The van der Waals surface area contributed by atoms with Crippen molar-refractivity contribution in [1.29, 1.82) is 0 Å². The number of carbonyl (C=O) groups is 1. The molecule has 0 saturated carbocycles. The standard InChI is InChI=1S/C20H20BrNO3/c1-4-24-19-11-20(25-5-2)16(21)9-15(19)14-10-17-13(3)7-6-8-22(17)18(14)12-23/h6-12H,4-5H2,1-3H3. The van der Waals surface area contributed by atoms with Crippen molar-refractivity contribution < 1.29 is 14.3 Å². The lowest BCUT2D eigenvalue weighted by Crippen LogP contribution is -1.99. The summed E-state index contributed by atoms with van der Waals surface area (Å²) in [7, 11) is 0. The number of halogens is 1. The van der Waals surface area contributed by atoms with Gasteiger partial charge in [0.05, 0.1) is 23.4 Å². The third-order valence-corrected chi connectivity index (χ3v) is 4.72. The quantitative estimate of drug-likeness (QED) is 0.527. The molecular formula is C20H20BrNO3. The van der Waals surface area contributed by atoms with Gasteiger partial charge in [-0.15, -0.1) is 0 Å². The highest BCUT2D eigenvalue weighted by atomic mass is 79.9. The molecule has 3 rings (SSSR count). The molecule has 4 nitrogen and oxygen atoms in total. The summed E-state index contributed by atoms with van der Waals surface area (Å²) in [6, 6.07) is 9.83. The van der Waals surface area contributed by atoms with Crippen LogP contribution in [0.5, 0.6) is 11.5 Å². The van der Waals surface area contributed by atoms with Crippen LogP contribution in [0.25, 0.3) is 16.6 Å². The van der Waals surface area contributed by atoms with E-state index in [1.807, 2.05) is 61.7 Å². The summed E-state index contributed by atoms with van der Waals surface area (Å²) in [6.07, 6.45) is 2.79. The van der Waals surface area contributed by atoms with Gasteiger partial charge in [0.2, 0.25) is 0 Å². The van der Waals surface area contributed by atoms with Gasteiger partial charge >= 0.3 is 0 Å². The first-order chi connectivity index (χ1) is 12.1. The molecule has 3 aromatic rings. The number of aromatic nitrogens is 1. The second-order valence-electron chi connectivity index (χ2n) is 5.65. The fourth-order valence-electron chi connectivity index (χ4n) is 2.99. The summed E-state index contributed by atoms with van der Waals surface area (Å²) < 4.78 is 14.2. The van der Waals surface area contributed by atoms with Crippen LogP contribution in [-0.4, -0.2) is 23.9 Å². The fourth-order valence-corrected chi connectivity index (χ4v) is 3.44. The molecule has 0 amide bonds. The van der Waals surface area contributed by atoms with Crippen LogP contribution in [0.1, 0.15) is 29.9 Å². The first-order valence-electron chi connectivity index (χ1n) is 8.26. The van der Waals surface area contributed by atoms with Gasteiger partial charge in [-0.25, -0.2) is 0 Å². The third-order valence-electron chi connectivity index (χ3n) is 4.10. The zero-order valence-corrected chi connectivity index (χ0v) is 16.1. The average Bonchev–Trinajstić information content (AvgIpc) is 2.98. The Balaban J connectivity index is 2.28. The van der Waals surface area contributed by atoms with Crippen molar-refractivity contribution in [2.45, 2.75) is 20.8 Å². The molecule has 5 heteroatoms. The van der Waals surface area contributed by atoms with Crippen molar-refractivity contribution in [2.75, 3.05) is 13.2 Å². The molecule has 0 unspecified atom stereocenters. The molecule has 1 aromatic carbocycles. The third kappa shape index (κ3) is 3.16. The molecule has 0 spiro atoms. The Hall–Kier alpha value is -2.27. The molecule has 0 aliphatic carbocycles. The number of nitrogens with zero attached hydrogens (tertiary/aromatic N) is 1. The highest BCUT2D eigenvalue weighted by Crippen LogP contribution is 2.41. The van der Waals surface area contributed by atoms with Crippen LogP contribution in [0.4, 0.5) is 0 Å². The van der Waals surface area contributed by atoms with Crippen molar-refractivity contribution in [2.24, 2.45) is 0 Å². The molecule has 0 N–H and O–H groups in total. The van der Waals surface area contributed by atoms with Crippen LogP contribution in [-0.2, 0) is 0 Å². The maximum Gasteiger partial charge on any atom is 0.167 e. The molecule has 0 aliphatic rings. The Bertz CT molecular complexity index is 930. The van der Waals surface area contributed by atoms with Gasteiger partial charge in [-0.05, 0) is 60.5 Å². The number of fused-ring (bicyclic) bond motifs is 1. The lowest BCUT2D eigenvalue weighted by Gasteiger charge is -2.14. The van der Waals surface area contributed by atoms with Crippen molar-refractivity contribution in [3.63, 3.8) is 0 Å². The SMILES string of the molecule is CCOc1cc(OCC)c(-c2cc3c(C)cccn3c2C=O)cc1Br. The smallest absolute Gasteiger partial charge is 0.167 e. The van der Waals surface area contributed by atoms with E-state index in [1.165, 1.54) is 0 Å². The lowest BCUT2D eigenvalue weighted by molar-refractivity contribution is 0.111. The molecule has 0 saturated heterocycles. The van der Waals surface area contributed by atoms with Crippen molar-refractivity contribution in [1.82, 2.24) is 4.40 Å². The Morgan fingerprint density at radius 2 is 1.80 bits per heavy atom. The minimum atomic E-state index is 0.531. The largest absolute Gasteiger partial charge is 0.493 e. The van der Waals surface area contributed by atoms with Gasteiger partial charge in [0.25, 0.3) is 0 Å². The fraction of sp³-hybridized carbons (Fsp3) is 0.250. The van der Waals surface area contributed by atoms with Crippen LogP contribution in [0.3, 0.4) is 0 Å². The molecule has 0 atom stereocenters. The number of ether oxygens (including phenoxy) is 2. The summed E-state index contributed by atoms with van der Waals surface area (Å²) in [5.74, 6) is 1.42. The topological polar surface area (TPSA) is 39.9 Å². The number of hydrogen-bond acceptors (Lipinski definition) is 3. The van der Waals surface area contributed by atoms with Crippen molar-refractivity contribution in [3.8, 4) is 22.6 Å². The monoisotopic (exact) mass is 401 g/mol. The normalized spacial score (nSPS) is 10.9. The molecule has 2 heterocycles. The van der Waals surface area contributed by atoms with Crippen LogP contribution >= 0.6 is 15.9 Å². The zero-order chi connectivity index (χ0) is 18.0. The molecule has 2 aromatic heterocycles. The lowest BCUT2D eigenvalue weighted by atomic mass is 10.0. The number of benzene rings is 1. The number of carbonyl (C=O) groups excluding carboxylic acids is 1. The molecular weight excluding hydrogens is 382 g/mol. The highest BCUT2D eigenvalue weighted by Gasteiger charge is 2.18. The minimum Gasteiger partial charge on any atom is -0.493 e. The number of aldehydes is 1. The van der Waals surface area contributed by atoms with E-state index in [0.717, 1.165) is 38.7 Å². The molecule has 130 valence electrons. The second kappa shape index (κ2) is 7.31. The highest BCUT2D eigenvalue weighted by molar-refractivity contribution is 9.10. The van der Waals surface area contributed by atoms with E-state index in [0.29, 0.717) is 24.7 Å². The van der Waals surface area contributed by atoms with Gasteiger partial charge in [-0.1, -0.05) is 6.07 Å². The zero-order valence-electron chi connectivity index (χ0n) is 14.5. The van der Waals surface area contributed by atoms with Gasteiger partial charge in [0, 0.05) is 28.9 Å². The molecule has 0 fully saturated rings. The number of rotatable bonds is 6. The number of hydrogen-bond donors (Lipinski definition) is 0. The van der Waals surface area contributed by atoms with E-state index < -0.39 is 0 Å². The average molecular weight is 402 g/mol. The second-order valence-corrected chi connectivity index (χ2v) is 6.51. The number of pyridine rings is 1. The minimum absolute atomic E-state index is 0.531. The molecule has 0 bridgehead atoms. The van der Waals surface area contributed by atoms with E-state index >= 15 is 0 Å². The first kappa shape index (κ1) is 17.5.